The number of rotatable bonds is 2. The van der Waals surface area contributed by atoms with E-state index in [-0.39, 0.29) is 22.3 Å². The first-order valence-corrected chi connectivity index (χ1v) is 7.67. The van der Waals surface area contributed by atoms with Crippen LogP contribution in [-0.4, -0.2) is 32.3 Å². The minimum absolute atomic E-state index is 0.0304. The number of likely N-dealkylation sites (tertiary alicyclic amines) is 1. The van der Waals surface area contributed by atoms with Crippen molar-refractivity contribution >= 4 is 15.9 Å². The summed E-state index contributed by atoms with van der Waals surface area (Å²) in [6, 6.07) is 1.21. The fourth-order valence-electron chi connectivity index (χ4n) is 2.30. The van der Waals surface area contributed by atoms with Crippen molar-refractivity contribution in [3.63, 3.8) is 0 Å². The van der Waals surface area contributed by atoms with Gasteiger partial charge in [-0.15, -0.1) is 0 Å². The summed E-state index contributed by atoms with van der Waals surface area (Å²) in [6.45, 7) is 6.96. The van der Waals surface area contributed by atoms with E-state index in [1.165, 1.54) is 13.0 Å². The lowest BCUT2D eigenvalue weighted by Gasteiger charge is -2.13. The van der Waals surface area contributed by atoms with E-state index in [2.05, 4.69) is 13.8 Å². The zero-order valence-corrected chi connectivity index (χ0v) is 12.0. The molecule has 0 aliphatic carbocycles. The van der Waals surface area contributed by atoms with Gasteiger partial charge in [0.2, 0.25) is 10.0 Å². The van der Waals surface area contributed by atoms with E-state index in [0.29, 0.717) is 24.9 Å². The molecule has 1 aromatic rings. The Labute approximate surface area is 112 Å². The van der Waals surface area contributed by atoms with Crippen LogP contribution in [0.25, 0.3) is 0 Å². The third kappa shape index (κ3) is 2.66. The summed E-state index contributed by atoms with van der Waals surface area (Å²) in [7, 11) is -3.86. The molecule has 0 radical (unpaired) electrons. The van der Waals surface area contributed by atoms with Gasteiger partial charge in [-0.2, -0.15) is 0 Å². The Bertz CT molecular complexity index is 595. The Balaban J connectivity index is 2.27. The molecule has 0 saturated carbocycles. The molecular formula is C12H18N2O4S. The highest BCUT2D eigenvalue weighted by Gasteiger charge is 2.32. The lowest BCUT2D eigenvalue weighted by atomic mass is 10.0. The first kappa shape index (κ1) is 14.1. The molecule has 7 heteroatoms. The van der Waals surface area contributed by atoms with E-state index >= 15 is 0 Å². The fraction of sp³-hybridized carbons (Fsp3) is 0.583. The van der Waals surface area contributed by atoms with E-state index in [4.69, 9.17) is 9.56 Å². The second-order valence-corrected chi connectivity index (χ2v) is 6.77. The topological polar surface area (TPSA) is 93.6 Å². The van der Waals surface area contributed by atoms with Crippen LogP contribution in [0.1, 0.15) is 30.2 Å². The molecule has 0 bridgehead atoms. The summed E-state index contributed by atoms with van der Waals surface area (Å²) < 4.78 is 27.9. The van der Waals surface area contributed by atoms with Crippen LogP contribution in [0.5, 0.6) is 0 Å². The van der Waals surface area contributed by atoms with Gasteiger partial charge in [-0.05, 0) is 18.8 Å². The first-order valence-electron chi connectivity index (χ1n) is 6.12. The highest BCUT2D eigenvalue weighted by Crippen LogP contribution is 2.26. The SMILES string of the molecule is Cc1oc(C(=O)N2CC(C)C(C)C2)cc1S(N)(=O)=O. The van der Waals surface area contributed by atoms with E-state index < -0.39 is 10.0 Å². The lowest BCUT2D eigenvalue weighted by molar-refractivity contribution is 0.0752. The molecule has 1 aliphatic heterocycles. The molecule has 19 heavy (non-hydrogen) atoms. The number of hydrogen-bond donors (Lipinski definition) is 1. The van der Waals surface area contributed by atoms with Gasteiger partial charge in [0.1, 0.15) is 10.7 Å². The number of aryl methyl sites for hydroxylation is 1. The molecule has 6 nitrogen and oxygen atoms in total. The number of furan rings is 1. The Morgan fingerprint density at radius 2 is 1.89 bits per heavy atom. The molecule has 0 aromatic carbocycles. The highest BCUT2D eigenvalue weighted by atomic mass is 32.2. The molecule has 106 valence electrons. The zero-order chi connectivity index (χ0) is 14.4. The molecular weight excluding hydrogens is 268 g/mol. The van der Waals surface area contributed by atoms with Crippen molar-refractivity contribution in [2.24, 2.45) is 17.0 Å². The average Bonchev–Trinajstić information content (AvgIpc) is 2.82. The molecule has 2 rings (SSSR count). The molecule has 1 aromatic heterocycles. The Hall–Kier alpha value is -1.34. The number of carbonyl (C=O) groups is 1. The Kier molecular flexibility index (Phi) is 3.44. The summed E-state index contributed by atoms with van der Waals surface area (Å²) in [5, 5.41) is 5.06. The third-order valence-electron chi connectivity index (χ3n) is 3.66. The molecule has 1 fully saturated rings. The van der Waals surface area contributed by atoms with Gasteiger partial charge in [0.05, 0.1) is 0 Å². The van der Waals surface area contributed by atoms with Crippen LogP contribution in [0.4, 0.5) is 0 Å². The van der Waals surface area contributed by atoms with Crippen LogP contribution < -0.4 is 5.14 Å². The highest BCUT2D eigenvalue weighted by molar-refractivity contribution is 7.89. The van der Waals surface area contributed by atoms with E-state index in [1.807, 2.05) is 0 Å². The fourth-order valence-corrected chi connectivity index (χ4v) is 3.02. The average molecular weight is 286 g/mol. The van der Waals surface area contributed by atoms with Crippen LogP contribution in [0.2, 0.25) is 0 Å². The van der Waals surface area contributed by atoms with Crippen molar-refractivity contribution < 1.29 is 17.6 Å². The molecule has 2 heterocycles. The number of primary sulfonamides is 1. The summed E-state index contributed by atoms with van der Waals surface area (Å²) in [5.74, 6) is 0.749. The smallest absolute Gasteiger partial charge is 0.289 e. The number of nitrogens with zero attached hydrogens (tertiary/aromatic N) is 1. The monoisotopic (exact) mass is 286 g/mol. The number of amides is 1. The predicted octanol–water partition coefficient (Wildman–Crippen LogP) is 0.963. The van der Waals surface area contributed by atoms with Gasteiger partial charge in [0.15, 0.2) is 5.76 Å². The molecule has 1 aliphatic rings. The Morgan fingerprint density at radius 1 is 1.37 bits per heavy atom. The van der Waals surface area contributed by atoms with Crippen molar-refractivity contribution in [3.8, 4) is 0 Å². The van der Waals surface area contributed by atoms with Gasteiger partial charge in [0.25, 0.3) is 5.91 Å². The first-order chi connectivity index (χ1) is 8.70. The lowest BCUT2D eigenvalue weighted by Crippen LogP contribution is -2.28. The largest absolute Gasteiger partial charge is 0.455 e. The van der Waals surface area contributed by atoms with E-state index in [1.54, 1.807) is 4.90 Å². The summed E-state index contributed by atoms with van der Waals surface area (Å²) >= 11 is 0. The van der Waals surface area contributed by atoms with Gasteiger partial charge in [-0.25, -0.2) is 13.6 Å². The molecule has 0 spiro atoms. The van der Waals surface area contributed by atoms with E-state index in [9.17, 15) is 13.2 Å². The van der Waals surface area contributed by atoms with Gasteiger partial charge in [-0.1, -0.05) is 13.8 Å². The van der Waals surface area contributed by atoms with Crippen LogP contribution in [0.3, 0.4) is 0 Å². The minimum atomic E-state index is -3.86. The Morgan fingerprint density at radius 3 is 2.32 bits per heavy atom. The molecule has 2 atom stereocenters. The summed E-state index contributed by atoms with van der Waals surface area (Å²) in [5.41, 5.74) is 0. The molecule has 2 N–H and O–H groups in total. The van der Waals surface area contributed by atoms with Crippen molar-refractivity contribution in [1.29, 1.82) is 0 Å². The van der Waals surface area contributed by atoms with Crippen LogP contribution >= 0.6 is 0 Å². The van der Waals surface area contributed by atoms with Gasteiger partial charge in [-0.3, -0.25) is 4.79 Å². The maximum absolute atomic E-state index is 12.2. The number of hydrogen-bond acceptors (Lipinski definition) is 4. The van der Waals surface area contributed by atoms with Crippen LogP contribution in [0.15, 0.2) is 15.4 Å². The quantitative estimate of drug-likeness (QED) is 0.876. The molecule has 1 saturated heterocycles. The standard InChI is InChI=1S/C12H18N2O4S/c1-7-5-14(6-8(7)2)12(15)10-4-11(9(3)18-10)19(13,16)17/h4,7-8H,5-6H2,1-3H3,(H2,13,16,17). The van der Waals surface area contributed by atoms with Crippen molar-refractivity contribution in [2.45, 2.75) is 25.7 Å². The number of carbonyl (C=O) groups excluding carboxylic acids is 1. The zero-order valence-electron chi connectivity index (χ0n) is 11.2. The van der Waals surface area contributed by atoms with Gasteiger partial charge < -0.3 is 9.32 Å². The van der Waals surface area contributed by atoms with Crippen molar-refractivity contribution in [2.75, 3.05) is 13.1 Å². The van der Waals surface area contributed by atoms with Gasteiger partial charge >= 0.3 is 0 Å². The third-order valence-corrected chi connectivity index (χ3v) is 4.68. The van der Waals surface area contributed by atoms with Gasteiger partial charge in [0, 0.05) is 19.2 Å². The van der Waals surface area contributed by atoms with Crippen molar-refractivity contribution in [3.05, 3.63) is 17.6 Å². The molecule has 2 unspecified atom stereocenters. The maximum Gasteiger partial charge on any atom is 0.289 e. The predicted molar refractivity (Wildman–Crippen MR) is 69.0 cm³/mol. The normalized spacial score (nSPS) is 23.9. The van der Waals surface area contributed by atoms with Crippen molar-refractivity contribution in [1.82, 2.24) is 4.90 Å². The number of sulfonamides is 1. The van der Waals surface area contributed by atoms with Crippen LogP contribution in [-0.2, 0) is 10.0 Å². The maximum atomic E-state index is 12.2. The summed E-state index contributed by atoms with van der Waals surface area (Å²) in [6.07, 6.45) is 0. The van der Waals surface area contributed by atoms with E-state index in [0.717, 1.165) is 0 Å². The molecule has 1 amide bonds. The second kappa shape index (κ2) is 4.64. The summed E-state index contributed by atoms with van der Waals surface area (Å²) in [4.78, 5) is 13.8. The number of nitrogens with two attached hydrogens (primary N) is 1. The van der Waals surface area contributed by atoms with Crippen LogP contribution in [0, 0.1) is 18.8 Å². The minimum Gasteiger partial charge on any atom is -0.455 e. The second-order valence-electron chi connectivity index (χ2n) is 5.24.